The van der Waals surface area contributed by atoms with E-state index in [1.54, 1.807) is 37.2 Å². The van der Waals surface area contributed by atoms with Crippen LogP contribution in [0.4, 0.5) is 0 Å². The van der Waals surface area contributed by atoms with Crippen molar-refractivity contribution in [3.8, 4) is 149 Å². The number of aromatic nitrogens is 15. The summed E-state index contributed by atoms with van der Waals surface area (Å²) in [4.78, 5) is 45.7. The molecule has 0 aliphatic heterocycles. The second kappa shape index (κ2) is 51.5. The highest BCUT2D eigenvalue weighted by Gasteiger charge is 2.24. The first-order valence-corrected chi connectivity index (χ1v) is 49.4. The van der Waals surface area contributed by atoms with Gasteiger partial charge in [0.1, 0.15) is 0 Å². The fraction of sp³-hybridized carbons (Fsp3) is 0.252. The number of hydrogen-bond donors (Lipinski definition) is 0. The molecule has 0 aliphatic rings. The van der Waals surface area contributed by atoms with Gasteiger partial charge < -0.3 is 60.8 Å². The molecule has 0 saturated carbocycles. The summed E-state index contributed by atoms with van der Waals surface area (Å²) in [6.45, 7) is 27.9. The zero-order valence-corrected chi connectivity index (χ0v) is 86.3. The van der Waals surface area contributed by atoms with Gasteiger partial charge in [-0.15, -0.1) is 0 Å². The van der Waals surface area contributed by atoms with Gasteiger partial charge in [0.05, 0.1) is 32.3 Å². The Morgan fingerprint density at radius 1 is 0.293 bits per heavy atom. The summed E-state index contributed by atoms with van der Waals surface area (Å²) in [7, 11) is 12.4. The van der Waals surface area contributed by atoms with E-state index in [1.807, 2.05) is 185 Å². The number of ether oxygens (including phenoxy) is 4. The van der Waals surface area contributed by atoms with E-state index in [1.165, 1.54) is 45.2 Å². The maximum absolute atomic E-state index is 5.70. The van der Waals surface area contributed by atoms with Crippen LogP contribution in [-0.2, 0) is 32.5 Å². The minimum atomic E-state index is 0.0734. The highest BCUT2D eigenvalue weighted by Crippen LogP contribution is 2.39. The van der Waals surface area contributed by atoms with Gasteiger partial charge in [0.2, 0.25) is 40.8 Å². The van der Waals surface area contributed by atoms with E-state index < -0.39 is 0 Å². The van der Waals surface area contributed by atoms with E-state index in [4.69, 9.17) is 46.1 Å². The van der Waals surface area contributed by atoms with Crippen LogP contribution in [0.1, 0.15) is 125 Å². The number of fused-ring (bicyclic) bond motifs is 2. The number of hydrogen-bond acceptors (Lipinski definition) is 28. The van der Waals surface area contributed by atoms with Crippen LogP contribution in [-0.4, -0.2) is 159 Å². The molecule has 28 nitrogen and oxygen atoms in total. The summed E-state index contributed by atoms with van der Waals surface area (Å²) in [6.07, 6.45) is 13.6. The second-order valence-electron chi connectivity index (χ2n) is 36.8. The molecule has 0 aliphatic carbocycles. The Labute approximate surface area is 857 Å². The molecule has 20 aromatic rings. The normalized spacial score (nSPS) is 11.3. The van der Waals surface area contributed by atoms with Crippen LogP contribution in [0.2, 0.25) is 0 Å². The van der Waals surface area contributed by atoms with Crippen LogP contribution >= 0.6 is 0 Å². The Balaban J connectivity index is 0.000000133. The van der Waals surface area contributed by atoms with Crippen molar-refractivity contribution in [3.05, 3.63) is 354 Å². The lowest BCUT2D eigenvalue weighted by molar-refractivity contribution is 0.288. The van der Waals surface area contributed by atoms with Gasteiger partial charge in [-0.05, 0) is 297 Å². The molecule has 0 saturated heterocycles. The molecule has 0 N–H and O–H groups in total. The number of benzene rings is 11. The average Bonchev–Trinajstić information content (AvgIpc) is 1.70. The summed E-state index contributed by atoms with van der Waals surface area (Å²) < 4.78 is 55.5. The molecule has 9 aromatic heterocycles. The summed E-state index contributed by atoms with van der Waals surface area (Å²) >= 11 is 0. The molecule has 9 heterocycles. The molecular formula is C119H124N18O10. The van der Waals surface area contributed by atoms with Gasteiger partial charge in [-0.1, -0.05) is 216 Å². The lowest BCUT2D eigenvalue weighted by Crippen LogP contribution is -2.11. The van der Waals surface area contributed by atoms with Gasteiger partial charge in [0.25, 0.3) is 29.5 Å². The predicted molar refractivity (Wildman–Crippen MR) is 576 cm³/mol. The molecule has 28 heteroatoms. The van der Waals surface area contributed by atoms with Crippen molar-refractivity contribution in [2.24, 2.45) is 11.8 Å². The molecule has 0 fully saturated rings. The lowest BCUT2D eigenvalue weighted by atomic mass is 9.97. The fourth-order valence-corrected chi connectivity index (χ4v) is 16.3. The highest BCUT2D eigenvalue weighted by atomic mass is 16.5. The van der Waals surface area contributed by atoms with E-state index in [0.29, 0.717) is 132 Å². The Hall–Kier alpha value is -16.7. The third kappa shape index (κ3) is 28.7. The van der Waals surface area contributed by atoms with Gasteiger partial charge in [-0.25, -0.2) is 0 Å². The maximum atomic E-state index is 5.70. The number of pyridine rings is 3. The molecule has 1 atom stereocenters. The Kier molecular flexibility index (Phi) is 36.7. The van der Waals surface area contributed by atoms with E-state index in [0.717, 1.165) is 121 Å². The minimum Gasteiger partial charge on any atom is -0.490 e. The van der Waals surface area contributed by atoms with E-state index >= 15 is 0 Å². The van der Waals surface area contributed by atoms with Crippen molar-refractivity contribution in [1.29, 1.82) is 0 Å². The van der Waals surface area contributed by atoms with Crippen LogP contribution in [0.5, 0.6) is 23.0 Å². The van der Waals surface area contributed by atoms with E-state index in [2.05, 4.69) is 290 Å². The maximum Gasteiger partial charge on any atom is 0.258 e. The Morgan fingerprint density at radius 3 is 1.24 bits per heavy atom. The smallest absolute Gasteiger partial charge is 0.258 e. The summed E-state index contributed by atoms with van der Waals surface area (Å²) in [5, 5.41) is 29.3. The predicted octanol–water partition coefficient (Wildman–Crippen LogP) is 26.6. The van der Waals surface area contributed by atoms with Crippen LogP contribution < -0.4 is 18.9 Å². The quantitative estimate of drug-likeness (QED) is 0.0378. The van der Waals surface area contributed by atoms with Crippen molar-refractivity contribution >= 4 is 21.5 Å². The highest BCUT2D eigenvalue weighted by molar-refractivity contribution is 5.95. The van der Waals surface area contributed by atoms with Crippen molar-refractivity contribution in [2.45, 2.75) is 121 Å². The van der Waals surface area contributed by atoms with Crippen molar-refractivity contribution in [2.75, 3.05) is 68.7 Å². The topological polar surface area (TPSA) is 319 Å². The molecule has 0 bridgehead atoms. The molecule has 11 aromatic carbocycles. The second-order valence-corrected chi connectivity index (χ2v) is 36.8. The standard InChI is InChI=1S/C23H29N3O.2C22H27N3O3.C18H19N3O.2C17H11N3O/c1-16(2)13-18-9-11-20(12-10-18)17(3)23-24-22(25-27-23)21-8-6-7-19(14-21)15-26(4)5;1-6-26-19-11-9-17(13-20(19)27-7-2)22-23-21(24-28-22)18-10-8-16(12-15(18)3)14-25(4)5;1-6-26-19-12-11-16(13-20(19)27-7-2)22-23-21(24-28-22)18-10-8-9-17(15(18)3)14-25(4)5;1-13(2)6-7-14-4-3-5-16(12-14)18-20-17(21-22-18)15-8-10-19-11-9-15;1-2-6-14-12(4-1)5-3-7-15(14)17-19-16(20-21-17)13-8-10-18-11-9-13;1-2-4-14-11-15(6-5-12(14)3-1)17-19-16(20-21-17)13-7-9-18-10-8-13/h6-12,14,16-17H,13,15H2,1-5H3;2*8-13H,6-7,14H2,1-5H3;3-5,8-13H,6-7H2,1-2H3;2*1-11H. The fourth-order valence-electron chi connectivity index (χ4n) is 16.3. The minimum absolute atomic E-state index is 0.0734. The molecule has 750 valence electrons. The Bertz CT molecular complexity index is 7560. The van der Waals surface area contributed by atoms with E-state index in [9.17, 15) is 0 Å². The van der Waals surface area contributed by atoms with Crippen LogP contribution in [0, 0.1) is 25.7 Å². The number of rotatable bonds is 32. The molecule has 1 unspecified atom stereocenters. The van der Waals surface area contributed by atoms with Gasteiger partial charge >= 0.3 is 0 Å². The first-order valence-electron chi connectivity index (χ1n) is 49.4. The average molecular weight is 1970 g/mol. The molecule has 0 amide bonds. The molecule has 0 spiro atoms. The Morgan fingerprint density at radius 2 is 0.707 bits per heavy atom. The summed E-state index contributed by atoms with van der Waals surface area (Å²) in [5.74, 6) is 10.9. The lowest BCUT2D eigenvalue weighted by Gasteiger charge is -2.13. The summed E-state index contributed by atoms with van der Waals surface area (Å²) in [5.41, 5.74) is 19.9. The SMILES string of the molecule is CC(C)CCc1cccc(-c2nc(-c3ccncc3)no2)c1.CC(C)Cc1ccc(C(C)c2nc(-c3cccc(CN(C)C)c3)no2)cc1.CCOc1ccc(-c2nc(-c3ccc(CN(C)C)cc3C)no2)cc1OCC.CCOc1ccc(-c2nc(-c3cccc(CN(C)C)c3C)no2)cc1OCC.c1ccc2c(-c3nc(-c4ccncc4)no3)cccc2c1.c1ccc2cc(-c3nc(-c4ccncc4)no3)ccc2c1. The van der Waals surface area contributed by atoms with Crippen LogP contribution in [0.3, 0.4) is 0 Å². The van der Waals surface area contributed by atoms with Crippen molar-refractivity contribution < 1.29 is 46.1 Å². The van der Waals surface area contributed by atoms with E-state index in [-0.39, 0.29) is 5.92 Å². The van der Waals surface area contributed by atoms with Crippen LogP contribution in [0.25, 0.3) is 147 Å². The number of aryl methyl sites for hydroxylation is 2. The summed E-state index contributed by atoms with van der Waals surface area (Å²) in [6, 6.07) is 88.8. The van der Waals surface area contributed by atoms with Crippen LogP contribution in [0.15, 0.2) is 331 Å². The van der Waals surface area contributed by atoms with Gasteiger partial charge in [0.15, 0.2) is 23.0 Å². The molecule has 147 heavy (non-hydrogen) atoms. The van der Waals surface area contributed by atoms with Crippen molar-refractivity contribution in [3.63, 3.8) is 0 Å². The first-order chi connectivity index (χ1) is 71.5. The van der Waals surface area contributed by atoms with Gasteiger partial charge in [-0.2, -0.15) is 29.9 Å². The zero-order chi connectivity index (χ0) is 103. The zero-order valence-electron chi connectivity index (χ0n) is 86.3. The van der Waals surface area contributed by atoms with Gasteiger partial charge in [-0.3, -0.25) is 15.0 Å². The van der Waals surface area contributed by atoms with Gasteiger partial charge in [0, 0.05) is 118 Å². The molecular weight excluding hydrogens is 1840 g/mol. The molecule has 20 rings (SSSR count). The van der Waals surface area contributed by atoms with Crippen molar-refractivity contribution in [1.82, 2.24) is 90.5 Å². The largest absolute Gasteiger partial charge is 0.490 e. The third-order valence-electron chi connectivity index (χ3n) is 23.6. The molecule has 0 radical (unpaired) electrons. The monoisotopic (exact) mass is 1960 g/mol. The first kappa shape index (κ1) is 105. The third-order valence-corrected chi connectivity index (χ3v) is 23.6. The number of nitrogens with zero attached hydrogens (tertiary/aromatic N) is 18.